The fraction of sp³-hybridized carbons (Fsp3) is 0.312. The average Bonchev–Trinajstić information content (AvgIpc) is 3.00. The van der Waals surface area contributed by atoms with Gasteiger partial charge in [-0.05, 0) is 30.3 Å². The third-order valence-electron chi connectivity index (χ3n) is 4.12. The first-order valence-electron chi connectivity index (χ1n) is 7.56. The molecule has 2 heterocycles. The standard InChI is InChI=1S/C16H18FN3O3S/c1-18-7-3-6-15(18)16(21)19-8-10-20(11-9-19)24(22,23)14-5-2-4-13(17)12-14/h2-7,12H,8-11H2,1H3. The summed E-state index contributed by atoms with van der Waals surface area (Å²) in [6.45, 7) is 0.987. The lowest BCUT2D eigenvalue weighted by atomic mass is 10.3. The smallest absolute Gasteiger partial charge is 0.270 e. The van der Waals surface area contributed by atoms with Gasteiger partial charge in [0.05, 0.1) is 4.90 Å². The summed E-state index contributed by atoms with van der Waals surface area (Å²) in [6, 6.07) is 8.49. The van der Waals surface area contributed by atoms with Crippen LogP contribution in [0.4, 0.5) is 4.39 Å². The van der Waals surface area contributed by atoms with Gasteiger partial charge in [-0.3, -0.25) is 4.79 Å². The van der Waals surface area contributed by atoms with Crippen molar-refractivity contribution in [2.24, 2.45) is 7.05 Å². The van der Waals surface area contributed by atoms with Crippen LogP contribution in [-0.2, 0) is 17.1 Å². The van der Waals surface area contributed by atoms with Gasteiger partial charge in [-0.15, -0.1) is 0 Å². The van der Waals surface area contributed by atoms with Gasteiger partial charge in [0.2, 0.25) is 10.0 Å². The maximum absolute atomic E-state index is 13.3. The Hall–Kier alpha value is -2.19. The van der Waals surface area contributed by atoms with Crippen LogP contribution in [0.1, 0.15) is 10.5 Å². The molecule has 1 saturated heterocycles. The van der Waals surface area contributed by atoms with E-state index in [1.165, 1.54) is 22.5 Å². The second-order valence-corrected chi connectivity index (χ2v) is 7.60. The zero-order chi connectivity index (χ0) is 17.3. The summed E-state index contributed by atoms with van der Waals surface area (Å²) in [7, 11) is -1.96. The second kappa shape index (κ2) is 6.37. The van der Waals surface area contributed by atoms with Crippen molar-refractivity contribution < 1.29 is 17.6 Å². The zero-order valence-corrected chi connectivity index (χ0v) is 14.0. The van der Waals surface area contributed by atoms with Crippen LogP contribution in [0.25, 0.3) is 0 Å². The number of carbonyl (C=O) groups excluding carboxylic acids is 1. The topological polar surface area (TPSA) is 62.6 Å². The molecular formula is C16H18FN3O3S. The number of aryl methyl sites for hydroxylation is 1. The second-order valence-electron chi connectivity index (χ2n) is 5.66. The number of hydrogen-bond acceptors (Lipinski definition) is 3. The third kappa shape index (κ3) is 3.07. The minimum absolute atomic E-state index is 0.0651. The predicted octanol–water partition coefficient (Wildman–Crippen LogP) is 1.31. The molecule has 1 amide bonds. The molecule has 0 saturated carbocycles. The SMILES string of the molecule is Cn1cccc1C(=O)N1CCN(S(=O)(=O)c2cccc(F)c2)CC1. The summed E-state index contributed by atoms with van der Waals surface area (Å²) in [5.74, 6) is -0.709. The molecule has 8 heteroatoms. The Morgan fingerprint density at radius 2 is 1.79 bits per heavy atom. The number of halogens is 1. The van der Waals surface area contributed by atoms with Crippen LogP contribution < -0.4 is 0 Å². The lowest BCUT2D eigenvalue weighted by molar-refractivity contribution is 0.0688. The highest BCUT2D eigenvalue weighted by atomic mass is 32.2. The molecule has 6 nitrogen and oxygen atoms in total. The molecule has 1 fully saturated rings. The van der Waals surface area contributed by atoms with Gasteiger partial charge in [0.25, 0.3) is 5.91 Å². The number of carbonyl (C=O) groups is 1. The Bertz CT molecular complexity index is 855. The van der Waals surface area contributed by atoms with E-state index in [9.17, 15) is 17.6 Å². The van der Waals surface area contributed by atoms with Gasteiger partial charge in [-0.25, -0.2) is 12.8 Å². The van der Waals surface area contributed by atoms with Crippen molar-refractivity contribution in [3.05, 3.63) is 54.1 Å². The number of rotatable bonds is 3. The van der Waals surface area contributed by atoms with Crippen molar-refractivity contribution in [3.8, 4) is 0 Å². The quantitative estimate of drug-likeness (QED) is 0.838. The molecule has 0 N–H and O–H groups in total. The summed E-state index contributed by atoms with van der Waals surface area (Å²) in [5.41, 5.74) is 0.566. The molecule has 128 valence electrons. The number of amides is 1. The van der Waals surface area contributed by atoms with Crippen LogP contribution >= 0.6 is 0 Å². The maximum Gasteiger partial charge on any atom is 0.270 e. The summed E-state index contributed by atoms with van der Waals surface area (Å²) in [5, 5.41) is 0. The van der Waals surface area contributed by atoms with Crippen molar-refractivity contribution in [1.82, 2.24) is 13.8 Å². The van der Waals surface area contributed by atoms with Gasteiger partial charge in [-0.1, -0.05) is 6.07 Å². The van der Waals surface area contributed by atoms with Crippen molar-refractivity contribution in [3.63, 3.8) is 0 Å². The van der Waals surface area contributed by atoms with Gasteiger partial charge in [-0.2, -0.15) is 4.31 Å². The van der Waals surface area contributed by atoms with Crippen molar-refractivity contribution >= 4 is 15.9 Å². The molecule has 1 aliphatic heterocycles. The third-order valence-corrected chi connectivity index (χ3v) is 6.02. The van der Waals surface area contributed by atoms with Crippen molar-refractivity contribution in [2.75, 3.05) is 26.2 Å². The molecule has 0 atom stereocenters. The lowest BCUT2D eigenvalue weighted by Gasteiger charge is -2.34. The summed E-state index contributed by atoms with van der Waals surface area (Å²) < 4.78 is 41.4. The van der Waals surface area contributed by atoms with E-state index in [1.54, 1.807) is 34.8 Å². The van der Waals surface area contributed by atoms with Gasteiger partial charge >= 0.3 is 0 Å². The minimum Gasteiger partial charge on any atom is -0.347 e. The predicted molar refractivity (Wildman–Crippen MR) is 86.5 cm³/mol. The normalized spacial score (nSPS) is 16.3. The Balaban J connectivity index is 1.71. The molecule has 0 radical (unpaired) electrons. The largest absolute Gasteiger partial charge is 0.347 e. The van der Waals surface area contributed by atoms with E-state index in [0.29, 0.717) is 18.8 Å². The Morgan fingerprint density at radius 3 is 2.38 bits per heavy atom. The first-order chi connectivity index (χ1) is 11.4. The van der Waals surface area contributed by atoms with E-state index in [1.807, 2.05) is 0 Å². The fourth-order valence-electron chi connectivity index (χ4n) is 2.75. The van der Waals surface area contributed by atoms with Crippen LogP contribution in [0.5, 0.6) is 0 Å². The highest BCUT2D eigenvalue weighted by Crippen LogP contribution is 2.19. The highest BCUT2D eigenvalue weighted by molar-refractivity contribution is 7.89. The molecule has 0 bridgehead atoms. The minimum atomic E-state index is -3.75. The Morgan fingerprint density at radius 1 is 1.08 bits per heavy atom. The number of piperazine rings is 1. The average molecular weight is 351 g/mol. The lowest BCUT2D eigenvalue weighted by Crippen LogP contribution is -2.50. The molecule has 1 aliphatic rings. The molecule has 3 rings (SSSR count). The van der Waals surface area contributed by atoms with E-state index in [-0.39, 0.29) is 23.9 Å². The van der Waals surface area contributed by atoms with Gasteiger partial charge in [0, 0.05) is 39.4 Å². The van der Waals surface area contributed by atoms with Crippen LogP contribution in [0.2, 0.25) is 0 Å². The molecule has 0 spiro atoms. The number of aromatic nitrogens is 1. The van der Waals surface area contributed by atoms with E-state index in [0.717, 1.165) is 6.07 Å². The number of benzene rings is 1. The molecule has 1 aromatic carbocycles. The molecule has 24 heavy (non-hydrogen) atoms. The van der Waals surface area contributed by atoms with Crippen molar-refractivity contribution in [2.45, 2.75) is 4.90 Å². The maximum atomic E-state index is 13.3. The number of sulfonamides is 1. The summed E-state index contributed by atoms with van der Waals surface area (Å²) in [4.78, 5) is 14.0. The molecule has 0 unspecified atom stereocenters. The monoisotopic (exact) mass is 351 g/mol. The van der Waals surface area contributed by atoms with Gasteiger partial charge in [0.15, 0.2) is 0 Å². The molecule has 1 aromatic heterocycles. The summed E-state index contributed by atoms with van der Waals surface area (Å²) >= 11 is 0. The first-order valence-corrected chi connectivity index (χ1v) is 9.00. The number of hydrogen-bond donors (Lipinski definition) is 0. The van der Waals surface area contributed by atoms with Crippen LogP contribution in [-0.4, -0.2) is 54.3 Å². The van der Waals surface area contributed by atoms with Crippen LogP contribution in [0.15, 0.2) is 47.5 Å². The first kappa shape index (κ1) is 16.7. The van der Waals surface area contributed by atoms with E-state index in [2.05, 4.69) is 0 Å². The molecule has 0 aliphatic carbocycles. The zero-order valence-electron chi connectivity index (χ0n) is 13.2. The van der Waals surface area contributed by atoms with Gasteiger partial charge < -0.3 is 9.47 Å². The van der Waals surface area contributed by atoms with Crippen LogP contribution in [0, 0.1) is 5.82 Å². The van der Waals surface area contributed by atoms with Gasteiger partial charge in [0.1, 0.15) is 11.5 Å². The van der Waals surface area contributed by atoms with E-state index < -0.39 is 15.8 Å². The number of nitrogens with zero attached hydrogens (tertiary/aromatic N) is 3. The fourth-order valence-corrected chi connectivity index (χ4v) is 4.21. The summed E-state index contributed by atoms with van der Waals surface area (Å²) in [6.07, 6.45) is 1.79. The Labute approximate surface area is 140 Å². The van der Waals surface area contributed by atoms with E-state index >= 15 is 0 Å². The van der Waals surface area contributed by atoms with Crippen LogP contribution in [0.3, 0.4) is 0 Å². The molecule has 2 aromatic rings. The van der Waals surface area contributed by atoms with Crippen molar-refractivity contribution in [1.29, 1.82) is 0 Å². The Kier molecular flexibility index (Phi) is 4.42. The van der Waals surface area contributed by atoms with E-state index in [4.69, 9.17) is 0 Å². The highest BCUT2D eigenvalue weighted by Gasteiger charge is 2.31. The molecular weight excluding hydrogens is 333 g/mol.